The van der Waals surface area contributed by atoms with E-state index in [0.717, 1.165) is 35.1 Å². The van der Waals surface area contributed by atoms with Crippen molar-refractivity contribution in [2.24, 2.45) is 0 Å². The molecule has 0 spiro atoms. The standard InChI is InChI=1S/C20H20N6OS3/c1-14-5-3-6-17(11-14)26(15(2)27)19-21-16(12-29-19)13-30-20-22-23-24-25(20)9-8-18-7-4-10-28-18/h3-7,10-12H,8-9,13H2,1-2H3. The average molecular weight is 457 g/mol. The minimum atomic E-state index is -0.0633. The molecule has 0 fully saturated rings. The van der Waals surface area contributed by atoms with Crippen LogP contribution in [0.15, 0.2) is 52.3 Å². The van der Waals surface area contributed by atoms with Gasteiger partial charge in [0.05, 0.1) is 17.9 Å². The number of hydrogen-bond donors (Lipinski definition) is 0. The topological polar surface area (TPSA) is 76.8 Å². The minimum absolute atomic E-state index is 0.0633. The summed E-state index contributed by atoms with van der Waals surface area (Å²) in [6, 6.07) is 12.0. The Morgan fingerprint density at radius 2 is 2.13 bits per heavy atom. The molecular formula is C20H20N6OS3. The normalized spacial score (nSPS) is 11.0. The summed E-state index contributed by atoms with van der Waals surface area (Å²) in [5.74, 6) is 0.571. The number of thioether (sulfide) groups is 1. The van der Waals surface area contributed by atoms with Gasteiger partial charge in [-0.05, 0) is 46.5 Å². The molecule has 1 amide bonds. The zero-order valence-corrected chi connectivity index (χ0v) is 19.0. The first-order chi connectivity index (χ1) is 14.6. The number of carbonyl (C=O) groups excluding carboxylic acids is 1. The fraction of sp³-hybridized carbons (Fsp3) is 0.250. The molecule has 0 aliphatic rings. The Morgan fingerprint density at radius 3 is 2.90 bits per heavy atom. The van der Waals surface area contributed by atoms with Crippen LogP contribution in [0.25, 0.3) is 0 Å². The van der Waals surface area contributed by atoms with Gasteiger partial charge in [-0.15, -0.1) is 27.8 Å². The number of tetrazole rings is 1. The molecule has 7 nitrogen and oxygen atoms in total. The SMILES string of the molecule is CC(=O)N(c1cccc(C)c1)c1nc(CSc2nnnn2CCc2cccs2)cs1. The largest absolute Gasteiger partial charge is 0.274 e. The number of benzene rings is 1. The highest BCUT2D eigenvalue weighted by molar-refractivity contribution is 7.98. The van der Waals surface area contributed by atoms with Gasteiger partial charge in [0.1, 0.15) is 0 Å². The molecule has 0 bridgehead atoms. The van der Waals surface area contributed by atoms with Crippen molar-refractivity contribution in [3.05, 3.63) is 63.3 Å². The van der Waals surface area contributed by atoms with Crippen LogP contribution in [-0.4, -0.2) is 31.1 Å². The number of hydrogen-bond acceptors (Lipinski definition) is 8. The molecule has 0 unspecified atom stereocenters. The van der Waals surface area contributed by atoms with Gasteiger partial charge in [-0.1, -0.05) is 30.0 Å². The Balaban J connectivity index is 1.42. The summed E-state index contributed by atoms with van der Waals surface area (Å²) in [6.07, 6.45) is 0.904. The van der Waals surface area contributed by atoms with E-state index < -0.39 is 0 Å². The third-order valence-corrected chi connectivity index (χ3v) is 7.11. The van der Waals surface area contributed by atoms with Crippen molar-refractivity contribution in [2.75, 3.05) is 4.90 Å². The van der Waals surface area contributed by atoms with Crippen molar-refractivity contribution < 1.29 is 4.79 Å². The highest BCUT2D eigenvalue weighted by atomic mass is 32.2. The van der Waals surface area contributed by atoms with E-state index in [1.165, 1.54) is 16.2 Å². The molecule has 0 radical (unpaired) electrons. The van der Waals surface area contributed by atoms with Gasteiger partial charge in [-0.25, -0.2) is 9.67 Å². The van der Waals surface area contributed by atoms with E-state index in [1.54, 1.807) is 34.9 Å². The number of rotatable bonds is 8. The number of aryl methyl sites for hydroxylation is 3. The average Bonchev–Trinajstić information content (AvgIpc) is 3.47. The summed E-state index contributed by atoms with van der Waals surface area (Å²) in [7, 11) is 0. The number of thiophene rings is 1. The van der Waals surface area contributed by atoms with Crippen molar-refractivity contribution in [3.63, 3.8) is 0 Å². The fourth-order valence-electron chi connectivity index (χ4n) is 2.91. The van der Waals surface area contributed by atoms with E-state index in [1.807, 2.05) is 41.3 Å². The van der Waals surface area contributed by atoms with Crippen LogP contribution in [0, 0.1) is 6.92 Å². The quantitative estimate of drug-likeness (QED) is 0.357. The van der Waals surface area contributed by atoms with Gasteiger partial charge in [0.25, 0.3) is 0 Å². The third kappa shape index (κ3) is 4.94. The Hall–Kier alpha value is -2.56. The summed E-state index contributed by atoms with van der Waals surface area (Å²) in [4.78, 5) is 19.9. The lowest BCUT2D eigenvalue weighted by atomic mass is 10.2. The number of amides is 1. The van der Waals surface area contributed by atoms with Gasteiger partial charge in [-0.3, -0.25) is 9.69 Å². The van der Waals surface area contributed by atoms with Crippen LogP contribution in [-0.2, 0) is 23.5 Å². The van der Waals surface area contributed by atoms with Crippen molar-refractivity contribution in [2.45, 2.75) is 37.7 Å². The Bertz CT molecular complexity index is 1120. The minimum Gasteiger partial charge on any atom is -0.274 e. The molecule has 30 heavy (non-hydrogen) atoms. The summed E-state index contributed by atoms with van der Waals surface area (Å²) in [5.41, 5.74) is 2.82. The molecule has 4 rings (SSSR count). The van der Waals surface area contributed by atoms with E-state index in [4.69, 9.17) is 0 Å². The molecule has 0 atom stereocenters. The van der Waals surface area contributed by atoms with Crippen LogP contribution in [0.3, 0.4) is 0 Å². The molecule has 154 valence electrons. The molecule has 0 saturated carbocycles. The first-order valence-corrected chi connectivity index (χ1v) is 12.1. The monoisotopic (exact) mass is 456 g/mol. The predicted molar refractivity (Wildman–Crippen MR) is 122 cm³/mol. The molecule has 3 heterocycles. The second-order valence-electron chi connectivity index (χ2n) is 6.62. The molecule has 0 saturated heterocycles. The van der Waals surface area contributed by atoms with E-state index in [9.17, 15) is 4.79 Å². The molecular weight excluding hydrogens is 436 g/mol. The lowest BCUT2D eigenvalue weighted by molar-refractivity contribution is -0.115. The lowest BCUT2D eigenvalue weighted by Gasteiger charge is -2.18. The van der Waals surface area contributed by atoms with Crippen LogP contribution in [0.5, 0.6) is 0 Å². The van der Waals surface area contributed by atoms with Crippen LogP contribution >= 0.6 is 34.4 Å². The first kappa shape index (κ1) is 20.7. The zero-order chi connectivity index (χ0) is 20.9. The molecule has 0 aliphatic carbocycles. The summed E-state index contributed by atoms with van der Waals surface area (Å²) in [6.45, 7) is 4.30. The summed E-state index contributed by atoms with van der Waals surface area (Å²) < 4.78 is 1.83. The Morgan fingerprint density at radius 1 is 1.23 bits per heavy atom. The fourth-order valence-corrected chi connectivity index (χ4v) is 5.40. The van der Waals surface area contributed by atoms with E-state index in [2.05, 4.69) is 38.0 Å². The van der Waals surface area contributed by atoms with Crippen molar-refractivity contribution in [1.82, 2.24) is 25.2 Å². The van der Waals surface area contributed by atoms with Crippen LogP contribution in [0.2, 0.25) is 0 Å². The van der Waals surface area contributed by atoms with Gasteiger partial charge in [0.15, 0.2) is 5.13 Å². The van der Waals surface area contributed by atoms with Gasteiger partial charge < -0.3 is 0 Å². The second kappa shape index (κ2) is 9.50. The molecule has 0 N–H and O–H groups in total. The maximum absolute atomic E-state index is 12.3. The van der Waals surface area contributed by atoms with Gasteiger partial charge in [0.2, 0.25) is 11.1 Å². The van der Waals surface area contributed by atoms with Crippen molar-refractivity contribution >= 4 is 51.2 Å². The Labute approximate surface area is 186 Å². The van der Waals surface area contributed by atoms with Crippen LogP contribution < -0.4 is 4.90 Å². The lowest BCUT2D eigenvalue weighted by Crippen LogP contribution is -2.22. The summed E-state index contributed by atoms with van der Waals surface area (Å²) in [5, 5.41) is 17.5. The third-order valence-electron chi connectivity index (χ3n) is 4.30. The highest BCUT2D eigenvalue weighted by Crippen LogP contribution is 2.31. The number of nitrogens with zero attached hydrogens (tertiary/aromatic N) is 6. The smallest absolute Gasteiger partial charge is 0.230 e. The number of anilines is 2. The molecule has 10 heteroatoms. The van der Waals surface area contributed by atoms with Gasteiger partial charge >= 0.3 is 0 Å². The number of carbonyl (C=O) groups is 1. The maximum atomic E-state index is 12.3. The first-order valence-electron chi connectivity index (χ1n) is 9.33. The highest BCUT2D eigenvalue weighted by Gasteiger charge is 2.18. The van der Waals surface area contributed by atoms with Gasteiger partial charge in [-0.2, -0.15) is 0 Å². The second-order valence-corrected chi connectivity index (χ2v) is 9.43. The van der Waals surface area contributed by atoms with Crippen molar-refractivity contribution in [3.8, 4) is 0 Å². The number of aromatic nitrogens is 5. The molecule has 1 aromatic carbocycles. The molecule has 0 aliphatic heterocycles. The summed E-state index contributed by atoms with van der Waals surface area (Å²) >= 11 is 4.74. The maximum Gasteiger partial charge on any atom is 0.230 e. The zero-order valence-electron chi connectivity index (χ0n) is 16.6. The molecule has 3 aromatic heterocycles. The van der Waals surface area contributed by atoms with Crippen LogP contribution in [0.4, 0.5) is 10.8 Å². The Kier molecular flexibility index (Phi) is 6.56. The van der Waals surface area contributed by atoms with E-state index >= 15 is 0 Å². The number of thiazole rings is 1. The van der Waals surface area contributed by atoms with E-state index in [0.29, 0.717) is 10.9 Å². The van der Waals surface area contributed by atoms with Crippen LogP contribution in [0.1, 0.15) is 23.1 Å². The van der Waals surface area contributed by atoms with Gasteiger partial charge in [0, 0.05) is 29.4 Å². The predicted octanol–water partition coefficient (Wildman–Crippen LogP) is 4.72. The van der Waals surface area contributed by atoms with E-state index in [-0.39, 0.29) is 5.91 Å². The molecule has 4 aromatic rings. The van der Waals surface area contributed by atoms with Crippen molar-refractivity contribution in [1.29, 1.82) is 0 Å².